The standard InChI is InChI=1S/C15H29N3O2/c1-10(2)17(3)11-7-8-12(15(20-4)14(11)16)18-9-5-6-13(18)19/h10-12,14-15H,5-9,16H2,1-4H3/t11-,12+,14+,15-/m1/s1. The molecule has 2 N–H and O–H groups in total. The smallest absolute Gasteiger partial charge is 0.222 e. The van der Waals surface area contributed by atoms with E-state index in [0.717, 1.165) is 25.8 Å². The molecule has 0 aromatic rings. The Bertz CT molecular complexity index is 348. The van der Waals surface area contributed by atoms with Gasteiger partial charge in [0.25, 0.3) is 0 Å². The molecule has 0 bridgehead atoms. The van der Waals surface area contributed by atoms with Crippen LogP contribution in [0.1, 0.15) is 39.5 Å². The summed E-state index contributed by atoms with van der Waals surface area (Å²) in [6.45, 7) is 5.23. The first-order chi connectivity index (χ1) is 9.47. The molecule has 4 atom stereocenters. The molecular formula is C15H29N3O2. The topological polar surface area (TPSA) is 58.8 Å². The third-order valence-corrected chi connectivity index (χ3v) is 5.08. The van der Waals surface area contributed by atoms with Crippen LogP contribution in [0.25, 0.3) is 0 Å². The average molecular weight is 283 g/mol. The Morgan fingerprint density at radius 2 is 2.10 bits per heavy atom. The Hall–Kier alpha value is -0.650. The summed E-state index contributed by atoms with van der Waals surface area (Å²) in [5.41, 5.74) is 6.47. The summed E-state index contributed by atoms with van der Waals surface area (Å²) in [5, 5.41) is 0. The number of rotatable bonds is 4. The molecule has 1 aliphatic heterocycles. The Labute approximate surface area is 122 Å². The van der Waals surface area contributed by atoms with Gasteiger partial charge in [0.05, 0.1) is 12.1 Å². The SMILES string of the molecule is CO[C@H]1[C@@H](N)[C@H](N(C)C(C)C)CC[C@@H]1N1CCCC1=O. The van der Waals surface area contributed by atoms with Gasteiger partial charge in [0.2, 0.25) is 5.91 Å². The maximum atomic E-state index is 12.0. The van der Waals surface area contributed by atoms with Gasteiger partial charge in [0, 0.05) is 38.2 Å². The molecule has 1 saturated carbocycles. The van der Waals surface area contributed by atoms with Crippen LogP contribution in [0.5, 0.6) is 0 Å². The zero-order chi connectivity index (χ0) is 14.9. The average Bonchev–Trinajstić information content (AvgIpc) is 2.83. The van der Waals surface area contributed by atoms with Gasteiger partial charge in [-0.2, -0.15) is 0 Å². The van der Waals surface area contributed by atoms with Crippen molar-refractivity contribution in [2.24, 2.45) is 5.73 Å². The van der Waals surface area contributed by atoms with E-state index in [9.17, 15) is 4.79 Å². The molecule has 5 nitrogen and oxygen atoms in total. The summed E-state index contributed by atoms with van der Waals surface area (Å²) < 4.78 is 5.69. The van der Waals surface area contributed by atoms with Crippen molar-refractivity contribution in [3.05, 3.63) is 0 Å². The molecule has 0 radical (unpaired) electrons. The second-order valence-corrected chi connectivity index (χ2v) is 6.44. The van der Waals surface area contributed by atoms with Crippen molar-refractivity contribution in [1.82, 2.24) is 9.80 Å². The predicted molar refractivity (Wildman–Crippen MR) is 79.4 cm³/mol. The van der Waals surface area contributed by atoms with Crippen molar-refractivity contribution >= 4 is 5.91 Å². The van der Waals surface area contributed by atoms with Gasteiger partial charge in [-0.05, 0) is 40.2 Å². The van der Waals surface area contributed by atoms with Crippen LogP contribution in [0.4, 0.5) is 0 Å². The number of carbonyl (C=O) groups excluding carboxylic acids is 1. The first kappa shape index (κ1) is 15.7. The number of likely N-dealkylation sites (N-methyl/N-ethyl adjacent to an activating group) is 1. The summed E-state index contributed by atoms with van der Waals surface area (Å²) in [6, 6.07) is 0.906. The molecule has 20 heavy (non-hydrogen) atoms. The number of hydrogen-bond donors (Lipinski definition) is 1. The Kier molecular flexibility index (Phi) is 5.04. The molecule has 0 spiro atoms. The van der Waals surface area contributed by atoms with Crippen molar-refractivity contribution < 1.29 is 9.53 Å². The normalized spacial score (nSPS) is 35.4. The number of nitrogens with two attached hydrogens (primary N) is 1. The van der Waals surface area contributed by atoms with E-state index < -0.39 is 0 Å². The molecule has 1 saturated heterocycles. The number of amides is 1. The number of hydrogen-bond acceptors (Lipinski definition) is 4. The quantitative estimate of drug-likeness (QED) is 0.830. The highest BCUT2D eigenvalue weighted by Crippen LogP contribution is 2.30. The fraction of sp³-hybridized carbons (Fsp3) is 0.933. The molecule has 2 fully saturated rings. The highest BCUT2D eigenvalue weighted by Gasteiger charge is 2.44. The third-order valence-electron chi connectivity index (χ3n) is 5.08. The molecule has 1 aliphatic carbocycles. The lowest BCUT2D eigenvalue weighted by Gasteiger charge is -2.47. The summed E-state index contributed by atoms with van der Waals surface area (Å²) in [7, 11) is 3.85. The van der Waals surface area contributed by atoms with Crippen LogP contribution in [0.2, 0.25) is 0 Å². The monoisotopic (exact) mass is 283 g/mol. The molecule has 5 heteroatoms. The van der Waals surface area contributed by atoms with Gasteiger partial charge in [0.15, 0.2) is 0 Å². The molecule has 1 amide bonds. The van der Waals surface area contributed by atoms with Crippen molar-refractivity contribution in [3.8, 4) is 0 Å². The Morgan fingerprint density at radius 3 is 2.60 bits per heavy atom. The van der Waals surface area contributed by atoms with E-state index in [0.29, 0.717) is 18.5 Å². The fourth-order valence-corrected chi connectivity index (χ4v) is 3.70. The molecule has 0 unspecified atom stereocenters. The fourth-order valence-electron chi connectivity index (χ4n) is 3.70. The first-order valence-electron chi connectivity index (χ1n) is 7.77. The molecule has 0 aromatic heterocycles. The zero-order valence-corrected chi connectivity index (χ0v) is 13.2. The lowest BCUT2D eigenvalue weighted by atomic mass is 9.82. The molecule has 2 aliphatic rings. The zero-order valence-electron chi connectivity index (χ0n) is 13.2. The molecule has 1 heterocycles. The number of methoxy groups -OCH3 is 1. The van der Waals surface area contributed by atoms with Crippen molar-refractivity contribution in [3.63, 3.8) is 0 Å². The van der Waals surface area contributed by atoms with E-state index in [1.807, 2.05) is 4.90 Å². The van der Waals surface area contributed by atoms with Crippen LogP contribution >= 0.6 is 0 Å². The number of likely N-dealkylation sites (tertiary alicyclic amines) is 1. The molecule has 0 aromatic carbocycles. The number of ether oxygens (including phenoxy) is 1. The van der Waals surface area contributed by atoms with Crippen molar-refractivity contribution in [2.45, 2.75) is 69.8 Å². The van der Waals surface area contributed by atoms with Gasteiger partial charge in [-0.3, -0.25) is 9.69 Å². The van der Waals surface area contributed by atoms with E-state index in [-0.39, 0.29) is 24.1 Å². The summed E-state index contributed by atoms with van der Waals surface area (Å²) in [6.07, 6.45) is 3.61. The van der Waals surface area contributed by atoms with E-state index in [2.05, 4.69) is 25.8 Å². The lowest BCUT2D eigenvalue weighted by Crippen LogP contribution is -2.64. The maximum absolute atomic E-state index is 12.0. The summed E-state index contributed by atoms with van der Waals surface area (Å²) in [4.78, 5) is 16.3. The van der Waals surface area contributed by atoms with E-state index in [4.69, 9.17) is 10.5 Å². The van der Waals surface area contributed by atoms with Gasteiger partial charge in [-0.15, -0.1) is 0 Å². The Balaban J connectivity index is 2.10. The highest BCUT2D eigenvalue weighted by molar-refractivity contribution is 5.78. The Morgan fingerprint density at radius 1 is 1.40 bits per heavy atom. The van der Waals surface area contributed by atoms with Crippen LogP contribution in [0.3, 0.4) is 0 Å². The van der Waals surface area contributed by atoms with Crippen LogP contribution in [-0.4, -0.2) is 66.7 Å². The summed E-state index contributed by atoms with van der Waals surface area (Å²) >= 11 is 0. The maximum Gasteiger partial charge on any atom is 0.222 e. The number of nitrogens with zero attached hydrogens (tertiary/aromatic N) is 2. The largest absolute Gasteiger partial charge is 0.378 e. The van der Waals surface area contributed by atoms with Gasteiger partial charge in [-0.1, -0.05) is 0 Å². The van der Waals surface area contributed by atoms with Crippen LogP contribution in [0.15, 0.2) is 0 Å². The van der Waals surface area contributed by atoms with Crippen LogP contribution in [-0.2, 0) is 9.53 Å². The molecular weight excluding hydrogens is 254 g/mol. The second-order valence-electron chi connectivity index (χ2n) is 6.44. The van der Waals surface area contributed by atoms with Gasteiger partial charge >= 0.3 is 0 Å². The predicted octanol–water partition coefficient (Wildman–Crippen LogP) is 0.822. The lowest BCUT2D eigenvalue weighted by molar-refractivity contribution is -0.135. The summed E-state index contributed by atoms with van der Waals surface area (Å²) in [5.74, 6) is 0.264. The van der Waals surface area contributed by atoms with Gasteiger partial charge < -0.3 is 15.4 Å². The van der Waals surface area contributed by atoms with E-state index >= 15 is 0 Å². The highest BCUT2D eigenvalue weighted by atomic mass is 16.5. The minimum Gasteiger partial charge on any atom is -0.378 e. The van der Waals surface area contributed by atoms with E-state index in [1.54, 1.807) is 7.11 Å². The molecule has 2 rings (SSSR count). The van der Waals surface area contributed by atoms with Crippen molar-refractivity contribution in [2.75, 3.05) is 20.7 Å². The minimum absolute atomic E-state index is 0.0421. The van der Waals surface area contributed by atoms with Crippen molar-refractivity contribution in [1.29, 1.82) is 0 Å². The third kappa shape index (κ3) is 2.85. The second kappa shape index (κ2) is 6.41. The van der Waals surface area contributed by atoms with E-state index in [1.165, 1.54) is 0 Å². The minimum atomic E-state index is -0.0583. The number of carbonyl (C=O) groups is 1. The van der Waals surface area contributed by atoms with Gasteiger partial charge in [0.1, 0.15) is 0 Å². The molecule has 116 valence electrons. The van der Waals surface area contributed by atoms with Crippen LogP contribution < -0.4 is 5.73 Å². The van der Waals surface area contributed by atoms with Crippen LogP contribution in [0, 0.1) is 0 Å². The first-order valence-corrected chi connectivity index (χ1v) is 7.77. The van der Waals surface area contributed by atoms with Gasteiger partial charge in [-0.25, -0.2) is 0 Å².